The van der Waals surface area contributed by atoms with Crippen molar-refractivity contribution in [2.45, 2.75) is 81.3 Å². The molecule has 0 amide bonds. The lowest BCUT2D eigenvalue weighted by molar-refractivity contribution is 0.248. The molecular weight excluding hydrogens is 363 g/mol. The summed E-state index contributed by atoms with van der Waals surface area (Å²) in [6, 6.07) is 4.51. The minimum atomic E-state index is -0.224. The van der Waals surface area contributed by atoms with E-state index in [0.29, 0.717) is 12.3 Å². The van der Waals surface area contributed by atoms with Crippen molar-refractivity contribution >= 4 is 34.8 Å². The highest BCUT2D eigenvalue weighted by atomic mass is 35.5. The summed E-state index contributed by atoms with van der Waals surface area (Å²) in [6.07, 6.45) is 6.35. The van der Waals surface area contributed by atoms with Crippen LogP contribution < -0.4 is 0 Å². The second kappa shape index (κ2) is 10.1. The van der Waals surface area contributed by atoms with E-state index in [1.807, 2.05) is 13.8 Å². The van der Waals surface area contributed by atoms with E-state index in [0.717, 1.165) is 38.5 Å². The van der Waals surface area contributed by atoms with Crippen molar-refractivity contribution in [3.05, 3.63) is 0 Å². The van der Waals surface area contributed by atoms with Crippen LogP contribution in [0, 0.1) is 46.3 Å². The van der Waals surface area contributed by atoms with Crippen molar-refractivity contribution in [2.75, 3.05) is 0 Å². The molecule has 0 aromatic rings. The molecule has 0 radical (unpaired) electrons. The van der Waals surface area contributed by atoms with Crippen molar-refractivity contribution in [1.82, 2.24) is 0 Å². The molecule has 6 unspecified atom stereocenters. The van der Waals surface area contributed by atoms with Crippen molar-refractivity contribution in [1.29, 1.82) is 10.5 Å². The number of rotatable bonds is 8. The third kappa shape index (κ3) is 7.39. The van der Waals surface area contributed by atoms with E-state index >= 15 is 0 Å². The highest BCUT2D eigenvalue weighted by molar-refractivity contribution is 6.23. The topological polar surface area (TPSA) is 47.6 Å². The van der Waals surface area contributed by atoms with Gasteiger partial charge < -0.3 is 0 Å². The Balaban J connectivity index is 2.39. The fourth-order valence-electron chi connectivity index (χ4n) is 3.50. The fourth-order valence-corrected chi connectivity index (χ4v) is 4.31. The van der Waals surface area contributed by atoms with Gasteiger partial charge in [0.1, 0.15) is 0 Å². The third-order valence-corrected chi connectivity index (χ3v) is 6.60. The van der Waals surface area contributed by atoms with Gasteiger partial charge in [0.05, 0.1) is 24.0 Å². The molecule has 1 aliphatic carbocycles. The molecule has 24 heavy (non-hydrogen) atoms. The van der Waals surface area contributed by atoms with E-state index in [-0.39, 0.29) is 33.4 Å². The predicted molar refractivity (Wildman–Crippen MR) is 102 cm³/mol. The zero-order chi connectivity index (χ0) is 18.3. The van der Waals surface area contributed by atoms with Gasteiger partial charge in [-0.2, -0.15) is 10.5 Å². The maximum Gasteiger partial charge on any atom is 0.0670 e. The van der Waals surface area contributed by atoms with Crippen molar-refractivity contribution in [3.63, 3.8) is 0 Å². The molecule has 5 heteroatoms. The number of nitrogens with zero attached hydrogens (tertiary/aromatic N) is 2. The molecule has 0 N–H and O–H groups in total. The van der Waals surface area contributed by atoms with Crippen LogP contribution in [0.3, 0.4) is 0 Å². The lowest BCUT2D eigenvalue weighted by atomic mass is 9.73. The zero-order valence-electron chi connectivity index (χ0n) is 14.9. The van der Waals surface area contributed by atoms with E-state index in [4.69, 9.17) is 40.1 Å². The first-order valence-corrected chi connectivity index (χ1v) is 10.2. The Morgan fingerprint density at radius 1 is 1.12 bits per heavy atom. The lowest BCUT2D eigenvalue weighted by Crippen LogP contribution is -2.32. The average molecular weight is 392 g/mol. The van der Waals surface area contributed by atoms with E-state index < -0.39 is 0 Å². The van der Waals surface area contributed by atoms with Crippen LogP contribution in [-0.2, 0) is 0 Å². The number of alkyl halides is 3. The Kier molecular flexibility index (Phi) is 9.22. The Morgan fingerprint density at radius 2 is 1.71 bits per heavy atom. The van der Waals surface area contributed by atoms with Gasteiger partial charge in [-0.3, -0.25) is 0 Å². The molecular formula is C19H29Cl3N2. The molecule has 0 aliphatic heterocycles. The number of hydrogen-bond donors (Lipinski definition) is 0. The van der Waals surface area contributed by atoms with Crippen LogP contribution >= 0.6 is 34.8 Å². The SMILES string of the molecule is CC(CCCC(C)(C)Cl)C(Cl)CCC1CC(C#N)C(C#N)CC1Cl. The number of halogens is 3. The molecule has 1 saturated carbocycles. The molecule has 0 heterocycles. The molecule has 1 aliphatic rings. The first-order valence-electron chi connectivity index (χ1n) is 8.94. The normalized spacial score (nSPS) is 30.2. The summed E-state index contributed by atoms with van der Waals surface area (Å²) in [4.78, 5) is -0.140. The van der Waals surface area contributed by atoms with Crippen molar-refractivity contribution in [2.24, 2.45) is 23.7 Å². The summed E-state index contributed by atoms with van der Waals surface area (Å²) >= 11 is 19.3. The lowest BCUT2D eigenvalue weighted by Gasteiger charge is -2.33. The van der Waals surface area contributed by atoms with Crippen molar-refractivity contribution in [3.8, 4) is 12.1 Å². The van der Waals surface area contributed by atoms with Gasteiger partial charge >= 0.3 is 0 Å². The van der Waals surface area contributed by atoms with Gasteiger partial charge in [0, 0.05) is 15.6 Å². The molecule has 0 spiro atoms. The van der Waals surface area contributed by atoms with Gasteiger partial charge in [0.15, 0.2) is 0 Å². The van der Waals surface area contributed by atoms with Crippen LogP contribution in [0.25, 0.3) is 0 Å². The van der Waals surface area contributed by atoms with Gasteiger partial charge in [0.25, 0.3) is 0 Å². The minimum Gasteiger partial charge on any atom is -0.198 e. The summed E-state index contributed by atoms with van der Waals surface area (Å²) in [6.45, 7) is 6.28. The minimum absolute atomic E-state index is 0.0181. The second-order valence-electron chi connectivity index (χ2n) is 7.90. The van der Waals surface area contributed by atoms with Crippen LogP contribution in [0.1, 0.15) is 65.7 Å². The summed E-state index contributed by atoms with van der Waals surface area (Å²) < 4.78 is 0. The monoisotopic (exact) mass is 390 g/mol. The number of nitriles is 2. The van der Waals surface area contributed by atoms with Crippen LogP contribution in [0.15, 0.2) is 0 Å². The first-order chi connectivity index (χ1) is 11.2. The Hall–Kier alpha value is -0.150. The molecule has 0 aromatic carbocycles. The van der Waals surface area contributed by atoms with Gasteiger partial charge in [-0.25, -0.2) is 0 Å². The largest absolute Gasteiger partial charge is 0.198 e. The second-order valence-corrected chi connectivity index (χ2v) is 10.0. The summed E-state index contributed by atoms with van der Waals surface area (Å²) in [5.41, 5.74) is 0. The molecule has 1 fully saturated rings. The smallest absolute Gasteiger partial charge is 0.0670 e. The third-order valence-electron chi connectivity index (χ3n) is 5.23. The van der Waals surface area contributed by atoms with E-state index in [9.17, 15) is 5.26 Å². The average Bonchev–Trinajstić information content (AvgIpc) is 2.51. The van der Waals surface area contributed by atoms with Gasteiger partial charge in [-0.15, -0.1) is 34.8 Å². The molecule has 0 saturated heterocycles. The van der Waals surface area contributed by atoms with Crippen LogP contribution in [0.2, 0.25) is 0 Å². The summed E-state index contributed by atoms with van der Waals surface area (Å²) in [7, 11) is 0. The molecule has 0 aromatic heterocycles. The highest BCUT2D eigenvalue weighted by Crippen LogP contribution is 2.39. The van der Waals surface area contributed by atoms with Crippen molar-refractivity contribution < 1.29 is 0 Å². The Morgan fingerprint density at radius 3 is 2.25 bits per heavy atom. The van der Waals surface area contributed by atoms with Gasteiger partial charge in [-0.05, 0) is 64.2 Å². The highest BCUT2D eigenvalue weighted by Gasteiger charge is 2.36. The maximum atomic E-state index is 9.24. The molecule has 2 nitrogen and oxygen atoms in total. The zero-order valence-corrected chi connectivity index (χ0v) is 17.2. The van der Waals surface area contributed by atoms with Gasteiger partial charge in [0.2, 0.25) is 0 Å². The maximum absolute atomic E-state index is 9.24. The molecule has 136 valence electrons. The number of hydrogen-bond acceptors (Lipinski definition) is 2. The molecule has 0 bridgehead atoms. The van der Waals surface area contributed by atoms with Gasteiger partial charge in [-0.1, -0.05) is 13.3 Å². The van der Waals surface area contributed by atoms with Crippen LogP contribution in [0.4, 0.5) is 0 Å². The van der Waals surface area contributed by atoms with E-state index in [1.165, 1.54) is 0 Å². The standard InChI is InChI=1S/C19H29Cl3N2/c1-13(5-4-8-19(2,3)22)17(20)7-6-14-9-15(11-23)16(12-24)10-18(14)21/h13-18H,4-10H2,1-3H3. The summed E-state index contributed by atoms with van der Waals surface area (Å²) in [5.74, 6) is 0.323. The van der Waals surface area contributed by atoms with E-state index in [1.54, 1.807) is 0 Å². The Labute approximate surface area is 162 Å². The molecule has 6 atom stereocenters. The molecule has 1 rings (SSSR count). The predicted octanol–water partition coefficient (Wildman–Crippen LogP) is 6.49. The first kappa shape index (κ1) is 21.9. The van der Waals surface area contributed by atoms with Crippen LogP contribution in [0.5, 0.6) is 0 Å². The quantitative estimate of drug-likeness (QED) is 0.443. The Bertz CT molecular complexity index is 461. The summed E-state index contributed by atoms with van der Waals surface area (Å²) in [5, 5.41) is 18.5. The fraction of sp³-hybridized carbons (Fsp3) is 0.895. The van der Waals surface area contributed by atoms with E-state index in [2.05, 4.69) is 19.1 Å². The van der Waals surface area contributed by atoms with Crippen LogP contribution in [-0.4, -0.2) is 15.6 Å².